The number of para-hydroxylation sites is 1. The van der Waals surface area contributed by atoms with Crippen molar-refractivity contribution in [2.75, 3.05) is 6.54 Å². The lowest BCUT2D eigenvalue weighted by Gasteiger charge is -2.06. The number of hydrogen-bond acceptors (Lipinski definition) is 1. The SMILES string of the molecule is CC(C)CCNCc1cn(Cc2ccccc2F)c2ccccc12. The summed E-state index contributed by atoms with van der Waals surface area (Å²) in [5.41, 5.74) is 3.14. The molecule has 0 atom stereocenters. The fourth-order valence-electron chi connectivity index (χ4n) is 3.02. The number of nitrogens with one attached hydrogen (secondary N) is 1. The monoisotopic (exact) mass is 324 g/mol. The van der Waals surface area contributed by atoms with Crippen LogP contribution in [-0.4, -0.2) is 11.1 Å². The fourth-order valence-corrected chi connectivity index (χ4v) is 3.02. The maximum absolute atomic E-state index is 14.0. The first-order valence-corrected chi connectivity index (χ1v) is 8.66. The van der Waals surface area contributed by atoms with Gasteiger partial charge in [0, 0.05) is 29.2 Å². The number of halogens is 1. The quantitative estimate of drug-likeness (QED) is 0.608. The lowest BCUT2D eigenvalue weighted by Crippen LogP contribution is -2.16. The van der Waals surface area contributed by atoms with Gasteiger partial charge >= 0.3 is 0 Å². The number of nitrogens with zero attached hydrogens (tertiary/aromatic N) is 1. The van der Waals surface area contributed by atoms with Crippen molar-refractivity contribution in [3.05, 3.63) is 71.7 Å². The highest BCUT2D eigenvalue weighted by Gasteiger charge is 2.10. The summed E-state index contributed by atoms with van der Waals surface area (Å²) < 4.78 is 16.1. The van der Waals surface area contributed by atoms with E-state index in [-0.39, 0.29) is 5.82 Å². The predicted octanol–water partition coefficient (Wildman–Crippen LogP) is 4.96. The fraction of sp³-hybridized carbons (Fsp3) is 0.333. The van der Waals surface area contributed by atoms with Gasteiger partial charge in [-0.15, -0.1) is 0 Å². The smallest absolute Gasteiger partial charge is 0.128 e. The van der Waals surface area contributed by atoms with Crippen molar-refractivity contribution in [2.45, 2.75) is 33.4 Å². The maximum Gasteiger partial charge on any atom is 0.128 e. The molecule has 0 radical (unpaired) electrons. The first kappa shape index (κ1) is 16.7. The average molecular weight is 324 g/mol. The Bertz CT molecular complexity index is 804. The molecule has 0 aliphatic rings. The van der Waals surface area contributed by atoms with Gasteiger partial charge < -0.3 is 9.88 Å². The molecule has 126 valence electrons. The van der Waals surface area contributed by atoms with Crippen LogP contribution in [0.5, 0.6) is 0 Å². The van der Waals surface area contributed by atoms with Gasteiger partial charge in [-0.05, 0) is 36.6 Å². The van der Waals surface area contributed by atoms with Gasteiger partial charge in [0.15, 0.2) is 0 Å². The molecule has 24 heavy (non-hydrogen) atoms. The number of hydrogen-bond donors (Lipinski definition) is 1. The maximum atomic E-state index is 14.0. The molecule has 1 N–H and O–H groups in total. The molecule has 0 bridgehead atoms. The summed E-state index contributed by atoms with van der Waals surface area (Å²) in [6, 6.07) is 15.3. The number of benzene rings is 2. The Labute approximate surface area is 143 Å². The van der Waals surface area contributed by atoms with Gasteiger partial charge in [0.25, 0.3) is 0 Å². The molecule has 1 heterocycles. The summed E-state index contributed by atoms with van der Waals surface area (Å²) in [6.45, 7) is 6.89. The molecule has 3 rings (SSSR count). The third-order valence-electron chi connectivity index (χ3n) is 4.38. The molecule has 3 aromatic rings. The van der Waals surface area contributed by atoms with E-state index in [9.17, 15) is 4.39 Å². The largest absolute Gasteiger partial charge is 0.343 e. The van der Waals surface area contributed by atoms with Crippen LogP contribution in [-0.2, 0) is 13.1 Å². The zero-order valence-corrected chi connectivity index (χ0v) is 14.4. The molecule has 2 nitrogen and oxygen atoms in total. The third kappa shape index (κ3) is 3.85. The Morgan fingerprint density at radius 3 is 2.54 bits per heavy atom. The second kappa shape index (κ2) is 7.63. The molecule has 0 saturated carbocycles. The molecule has 0 spiro atoms. The van der Waals surface area contributed by atoms with Gasteiger partial charge in [-0.2, -0.15) is 0 Å². The van der Waals surface area contributed by atoms with Gasteiger partial charge in [-0.3, -0.25) is 0 Å². The van der Waals surface area contributed by atoms with Crippen LogP contribution in [0.4, 0.5) is 4.39 Å². The van der Waals surface area contributed by atoms with E-state index in [2.05, 4.69) is 48.1 Å². The summed E-state index contributed by atoms with van der Waals surface area (Å²) in [6.07, 6.45) is 3.33. The zero-order chi connectivity index (χ0) is 16.9. The van der Waals surface area contributed by atoms with E-state index in [1.807, 2.05) is 18.2 Å². The van der Waals surface area contributed by atoms with Crippen LogP contribution < -0.4 is 5.32 Å². The van der Waals surface area contributed by atoms with E-state index in [1.165, 1.54) is 23.4 Å². The van der Waals surface area contributed by atoms with E-state index >= 15 is 0 Å². The van der Waals surface area contributed by atoms with E-state index in [1.54, 1.807) is 6.07 Å². The highest BCUT2D eigenvalue weighted by atomic mass is 19.1. The molecule has 0 aliphatic heterocycles. The molecular weight excluding hydrogens is 299 g/mol. The van der Waals surface area contributed by atoms with Crippen LogP contribution in [0.2, 0.25) is 0 Å². The summed E-state index contributed by atoms with van der Waals surface area (Å²) in [5, 5.41) is 4.77. The third-order valence-corrected chi connectivity index (χ3v) is 4.38. The predicted molar refractivity (Wildman–Crippen MR) is 98.6 cm³/mol. The molecule has 1 aromatic heterocycles. The van der Waals surface area contributed by atoms with Crippen LogP contribution in [0.25, 0.3) is 10.9 Å². The van der Waals surface area contributed by atoms with E-state index in [0.29, 0.717) is 12.5 Å². The lowest BCUT2D eigenvalue weighted by atomic mass is 10.1. The Morgan fingerprint density at radius 1 is 1.00 bits per heavy atom. The van der Waals surface area contributed by atoms with Gasteiger partial charge in [0.1, 0.15) is 5.82 Å². The number of aromatic nitrogens is 1. The van der Waals surface area contributed by atoms with Crippen molar-refractivity contribution in [1.82, 2.24) is 9.88 Å². The molecule has 2 aromatic carbocycles. The van der Waals surface area contributed by atoms with Crippen molar-refractivity contribution in [3.63, 3.8) is 0 Å². The van der Waals surface area contributed by atoms with Crippen molar-refractivity contribution in [3.8, 4) is 0 Å². The highest BCUT2D eigenvalue weighted by Crippen LogP contribution is 2.23. The van der Waals surface area contributed by atoms with Crippen molar-refractivity contribution in [1.29, 1.82) is 0 Å². The van der Waals surface area contributed by atoms with Gasteiger partial charge in [0.2, 0.25) is 0 Å². The minimum absolute atomic E-state index is 0.146. The molecule has 0 fully saturated rings. The van der Waals surface area contributed by atoms with Gasteiger partial charge in [-0.25, -0.2) is 4.39 Å². The summed E-state index contributed by atoms with van der Waals surface area (Å²) in [5.74, 6) is 0.562. The van der Waals surface area contributed by atoms with Gasteiger partial charge in [-0.1, -0.05) is 50.2 Å². The first-order chi connectivity index (χ1) is 11.6. The highest BCUT2D eigenvalue weighted by molar-refractivity contribution is 5.84. The average Bonchev–Trinajstić information content (AvgIpc) is 2.92. The van der Waals surface area contributed by atoms with Crippen molar-refractivity contribution >= 4 is 10.9 Å². The van der Waals surface area contributed by atoms with Crippen LogP contribution in [0.15, 0.2) is 54.7 Å². The van der Waals surface area contributed by atoms with E-state index in [4.69, 9.17) is 0 Å². The second-order valence-electron chi connectivity index (χ2n) is 6.75. The van der Waals surface area contributed by atoms with Crippen molar-refractivity contribution in [2.24, 2.45) is 5.92 Å². The minimum atomic E-state index is -0.146. The Morgan fingerprint density at radius 2 is 1.75 bits per heavy atom. The first-order valence-electron chi connectivity index (χ1n) is 8.66. The van der Waals surface area contributed by atoms with E-state index < -0.39 is 0 Å². The second-order valence-corrected chi connectivity index (χ2v) is 6.75. The molecular formula is C21H25FN2. The van der Waals surface area contributed by atoms with Crippen LogP contribution >= 0.6 is 0 Å². The lowest BCUT2D eigenvalue weighted by molar-refractivity contribution is 0.538. The summed E-state index contributed by atoms with van der Waals surface area (Å²) in [4.78, 5) is 0. The molecule has 0 amide bonds. The van der Waals surface area contributed by atoms with Crippen LogP contribution in [0.1, 0.15) is 31.4 Å². The minimum Gasteiger partial charge on any atom is -0.343 e. The van der Waals surface area contributed by atoms with Crippen molar-refractivity contribution < 1.29 is 4.39 Å². The molecule has 0 unspecified atom stereocenters. The number of fused-ring (bicyclic) bond motifs is 1. The Hall–Kier alpha value is -2.13. The molecule has 3 heteroatoms. The van der Waals surface area contributed by atoms with Gasteiger partial charge in [0.05, 0.1) is 6.54 Å². The normalized spacial score (nSPS) is 11.5. The Balaban J connectivity index is 1.82. The zero-order valence-electron chi connectivity index (χ0n) is 14.4. The van der Waals surface area contributed by atoms with Crippen LogP contribution in [0.3, 0.4) is 0 Å². The summed E-state index contributed by atoms with van der Waals surface area (Å²) >= 11 is 0. The standard InChI is InChI=1S/C21H25FN2/c1-16(2)11-12-23-13-18-15-24(21-10-6-4-8-19(18)21)14-17-7-3-5-9-20(17)22/h3-10,15-16,23H,11-14H2,1-2H3. The molecule has 0 saturated heterocycles. The number of rotatable bonds is 7. The van der Waals surface area contributed by atoms with Crippen LogP contribution in [0, 0.1) is 11.7 Å². The molecule has 0 aliphatic carbocycles. The van der Waals surface area contributed by atoms with E-state index in [0.717, 1.165) is 24.2 Å². The summed E-state index contributed by atoms with van der Waals surface area (Å²) in [7, 11) is 0. The topological polar surface area (TPSA) is 17.0 Å². The Kier molecular flexibility index (Phi) is 5.31.